The Morgan fingerprint density at radius 2 is 2.10 bits per heavy atom. The van der Waals surface area contributed by atoms with Gasteiger partial charge in [-0.25, -0.2) is 0 Å². The second-order valence-corrected chi connectivity index (χ2v) is 4.93. The lowest BCUT2D eigenvalue weighted by Crippen LogP contribution is -2.18. The zero-order valence-corrected chi connectivity index (χ0v) is 11.7. The first-order valence-corrected chi connectivity index (χ1v) is 6.22. The van der Waals surface area contributed by atoms with Gasteiger partial charge in [0.1, 0.15) is 5.76 Å². The molecule has 0 radical (unpaired) electrons. The highest BCUT2D eigenvalue weighted by atomic mass is 16.5. The van der Waals surface area contributed by atoms with Gasteiger partial charge >= 0.3 is 11.8 Å². The van der Waals surface area contributed by atoms with Crippen LogP contribution in [0.25, 0.3) is 0 Å². The van der Waals surface area contributed by atoms with E-state index in [1.165, 1.54) is 0 Å². The molecule has 0 bridgehead atoms. The standard InChI is InChI=1S/C12H17N5O3/c1-7(2)9-4-8(15-19-9)5-17(3)6-10-14-12(11(13)18)20-16-10/h4,7H,5-6H2,1-3H3,(H2,13,18). The number of amides is 1. The molecule has 2 N–H and O–H groups in total. The average molecular weight is 279 g/mol. The summed E-state index contributed by atoms with van der Waals surface area (Å²) in [5, 5.41) is 7.68. The van der Waals surface area contributed by atoms with Crippen molar-refractivity contribution in [1.82, 2.24) is 20.2 Å². The summed E-state index contributed by atoms with van der Waals surface area (Å²) in [6.45, 7) is 5.08. The monoisotopic (exact) mass is 279 g/mol. The molecule has 2 aromatic heterocycles. The van der Waals surface area contributed by atoms with Gasteiger partial charge in [0.2, 0.25) is 0 Å². The van der Waals surface area contributed by atoms with Crippen molar-refractivity contribution in [2.45, 2.75) is 32.9 Å². The zero-order valence-electron chi connectivity index (χ0n) is 11.7. The first kappa shape index (κ1) is 14.2. The third-order valence-corrected chi connectivity index (χ3v) is 2.67. The molecule has 0 saturated heterocycles. The Balaban J connectivity index is 1.93. The molecule has 2 rings (SSSR count). The van der Waals surface area contributed by atoms with Crippen molar-refractivity contribution >= 4 is 5.91 Å². The molecule has 0 saturated carbocycles. The van der Waals surface area contributed by atoms with Crippen molar-refractivity contribution in [1.29, 1.82) is 0 Å². The molecule has 8 nitrogen and oxygen atoms in total. The van der Waals surface area contributed by atoms with E-state index >= 15 is 0 Å². The molecular formula is C12H17N5O3. The van der Waals surface area contributed by atoms with Crippen LogP contribution in [-0.4, -0.2) is 33.2 Å². The van der Waals surface area contributed by atoms with Gasteiger partial charge in [0.05, 0.1) is 12.2 Å². The van der Waals surface area contributed by atoms with Gasteiger partial charge in [-0.1, -0.05) is 24.2 Å². The number of nitrogens with zero attached hydrogens (tertiary/aromatic N) is 4. The van der Waals surface area contributed by atoms with Crippen LogP contribution in [0.4, 0.5) is 0 Å². The van der Waals surface area contributed by atoms with E-state index in [1.54, 1.807) is 0 Å². The van der Waals surface area contributed by atoms with E-state index in [1.807, 2.05) is 31.9 Å². The Bertz CT molecular complexity index is 589. The fraction of sp³-hybridized carbons (Fsp3) is 0.500. The van der Waals surface area contributed by atoms with Crippen molar-refractivity contribution in [2.75, 3.05) is 7.05 Å². The maximum absolute atomic E-state index is 10.8. The predicted octanol–water partition coefficient (Wildman–Crippen LogP) is 0.912. The first-order chi connectivity index (χ1) is 9.45. The Morgan fingerprint density at radius 1 is 1.35 bits per heavy atom. The number of hydrogen-bond acceptors (Lipinski definition) is 7. The largest absolute Gasteiger partial charge is 0.361 e. The van der Waals surface area contributed by atoms with Gasteiger partial charge in [0, 0.05) is 18.5 Å². The SMILES string of the molecule is CC(C)c1cc(CN(C)Cc2noc(C(N)=O)n2)no1. The Labute approximate surface area is 115 Å². The molecule has 0 aliphatic rings. The van der Waals surface area contributed by atoms with Gasteiger partial charge in [0.15, 0.2) is 5.82 Å². The normalized spacial score (nSPS) is 11.4. The number of carbonyl (C=O) groups is 1. The van der Waals surface area contributed by atoms with Crippen molar-refractivity contribution in [3.63, 3.8) is 0 Å². The highest BCUT2D eigenvalue weighted by Crippen LogP contribution is 2.16. The molecule has 2 heterocycles. The fourth-order valence-corrected chi connectivity index (χ4v) is 1.67. The van der Waals surface area contributed by atoms with Crippen LogP contribution in [0.1, 0.15) is 47.7 Å². The van der Waals surface area contributed by atoms with E-state index in [4.69, 9.17) is 14.8 Å². The minimum atomic E-state index is -0.732. The predicted molar refractivity (Wildman–Crippen MR) is 68.6 cm³/mol. The summed E-state index contributed by atoms with van der Waals surface area (Å²) in [5.41, 5.74) is 5.87. The van der Waals surface area contributed by atoms with Gasteiger partial charge in [-0.05, 0) is 7.05 Å². The van der Waals surface area contributed by atoms with Gasteiger partial charge in [0.25, 0.3) is 0 Å². The summed E-state index contributed by atoms with van der Waals surface area (Å²) in [6, 6.07) is 1.92. The number of hydrogen-bond donors (Lipinski definition) is 1. The lowest BCUT2D eigenvalue weighted by molar-refractivity contribution is 0.0958. The molecule has 0 aliphatic heterocycles. The molecular weight excluding hydrogens is 262 g/mol. The van der Waals surface area contributed by atoms with E-state index in [2.05, 4.69) is 15.3 Å². The summed E-state index contributed by atoms with van der Waals surface area (Å²) >= 11 is 0. The lowest BCUT2D eigenvalue weighted by atomic mass is 10.1. The van der Waals surface area contributed by atoms with Crippen LogP contribution in [0.3, 0.4) is 0 Å². The number of rotatable bonds is 6. The van der Waals surface area contributed by atoms with Crippen LogP contribution in [0.2, 0.25) is 0 Å². The Morgan fingerprint density at radius 3 is 2.65 bits per heavy atom. The highest BCUT2D eigenvalue weighted by Gasteiger charge is 2.14. The van der Waals surface area contributed by atoms with E-state index in [0.29, 0.717) is 24.8 Å². The Hall–Kier alpha value is -2.22. The van der Waals surface area contributed by atoms with Crippen LogP contribution in [0.5, 0.6) is 0 Å². The quantitative estimate of drug-likeness (QED) is 0.836. The van der Waals surface area contributed by atoms with Gasteiger partial charge in [-0.15, -0.1) is 0 Å². The Kier molecular flexibility index (Phi) is 4.14. The number of aromatic nitrogens is 3. The third kappa shape index (κ3) is 3.41. The van der Waals surface area contributed by atoms with E-state index in [0.717, 1.165) is 11.5 Å². The molecule has 0 unspecified atom stereocenters. The number of carbonyl (C=O) groups excluding carboxylic acids is 1. The van der Waals surface area contributed by atoms with Crippen molar-refractivity contribution < 1.29 is 13.8 Å². The topological polar surface area (TPSA) is 111 Å². The van der Waals surface area contributed by atoms with Crippen molar-refractivity contribution in [3.05, 3.63) is 29.2 Å². The van der Waals surface area contributed by atoms with Crippen LogP contribution in [-0.2, 0) is 13.1 Å². The number of nitrogens with two attached hydrogens (primary N) is 1. The van der Waals surface area contributed by atoms with Crippen LogP contribution in [0, 0.1) is 0 Å². The van der Waals surface area contributed by atoms with E-state index in [-0.39, 0.29) is 5.89 Å². The molecule has 1 amide bonds. The highest BCUT2D eigenvalue weighted by molar-refractivity contribution is 5.87. The molecule has 0 atom stereocenters. The minimum Gasteiger partial charge on any atom is -0.361 e. The summed E-state index contributed by atoms with van der Waals surface area (Å²) < 4.78 is 9.94. The lowest BCUT2D eigenvalue weighted by Gasteiger charge is -2.11. The summed E-state index contributed by atoms with van der Waals surface area (Å²) in [7, 11) is 1.88. The fourth-order valence-electron chi connectivity index (χ4n) is 1.67. The van der Waals surface area contributed by atoms with Crippen LogP contribution >= 0.6 is 0 Å². The second kappa shape index (κ2) is 5.83. The van der Waals surface area contributed by atoms with Gasteiger partial charge < -0.3 is 14.8 Å². The van der Waals surface area contributed by atoms with Gasteiger partial charge in [-0.2, -0.15) is 4.98 Å². The maximum Gasteiger partial charge on any atom is 0.315 e. The molecule has 0 fully saturated rings. The van der Waals surface area contributed by atoms with Gasteiger partial charge in [-0.3, -0.25) is 9.69 Å². The molecule has 108 valence electrons. The summed E-state index contributed by atoms with van der Waals surface area (Å²) in [4.78, 5) is 16.7. The molecule has 0 aromatic carbocycles. The average Bonchev–Trinajstić information content (AvgIpc) is 2.98. The first-order valence-electron chi connectivity index (χ1n) is 6.22. The van der Waals surface area contributed by atoms with Crippen molar-refractivity contribution in [3.8, 4) is 0 Å². The molecule has 0 spiro atoms. The number of primary amides is 1. The van der Waals surface area contributed by atoms with Crippen LogP contribution < -0.4 is 5.73 Å². The zero-order chi connectivity index (χ0) is 14.7. The maximum atomic E-state index is 10.8. The summed E-state index contributed by atoms with van der Waals surface area (Å²) in [6.07, 6.45) is 0. The molecule has 0 aliphatic carbocycles. The van der Waals surface area contributed by atoms with E-state index < -0.39 is 5.91 Å². The molecule has 20 heavy (non-hydrogen) atoms. The smallest absolute Gasteiger partial charge is 0.315 e. The second-order valence-electron chi connectivity index (χ2n) is 4.93. The molecule has 2 aromatic rings. The third-order valence-electron chi connectivity index (χ3n) is 2.67. The van der Waals surface area contributed by atoms with Crippen molar-refractivity contribution in [2.24, 2.45) is 5.73 Å². The van der Waals surface area contributed by atoms with E-state index in [9.17, 15) is 4.79 Å². The van der Waals surface area contributed by atoms with Crippen LogP contribution in [0.15, 0.2) is 15.1 Å². The summed E-state index contributed by atoms with van der Waals surface area (Å²) in [5.74, 6) is 0.635. The molecule has 8 heteroatoms. The minimum absolute atomic E-state index is 0.183.